The highest BCUT2D eigenvalue weighted by atomic mass is 79.9. The summed E-state index contributed by atoms with van der Waals surface area (Å²) in [5, 5.41) is 10.1. The van der Waals surface area contributed by atoms with E-state index in [2.05, 4.69) is 15.9 Å². The fourth-order valence-electron chi connectivity index (χ4n) is 2.58. The SMILES string of the molecule is O=C(c1ccc(Br)cc1)N1CCCc2cccc(O)c21. The number of hydrogen-bond acceptors (Lipinski definition) is 2. The van der Waals surface area contributed by atoms with Crippen LogP contribution >= 0.6 is 15.9 Å². The van der Waals surface area contributed by atoms with Gasteiger partial charge in [0.15, 0.2) is 0 Å². The highest BCUT2D eigenvalue weighted by Crippen LogP contribution is 2.36. The van der Waals surface area contributed by atoms with Gasteiger partial charge in [-0.15, -0.1) is 0 Å². The number of phenols is 1. The van der Waals surface area contributed by atoms with Crippen molar-refractivity contribution in [2.45, 2.75) is 12.8 Å². The molecule has 1 aliphatic heterocycles. The van der Waals surface area contributed by atoms with Crippen LogP contribution in [0.5, 0.6) is 5.75 Å². The Labute approximate surface area is 126 Å². The van der Waals surface area contributed by atoms with Gasteiger partial charge in [0.25, 0.3) is 5.91 Å². The molecule has 1 aliphatic rings. The lowest BCUT2D eigenvalue weighted by molar-refractivity contribution is 0.0984. The average Bonchev–Trinajstić information content (AvgIpc) is 2.47. The number of aryl methyl sites for hydroxylation is 1. The number of halogens is 1. The van der Waals surface area contributed by atoms with Crippen molar-refractivity contribution in [3.63, 3.8) is 0 Å². The molecule has 4 heteroatoms. The molecule has 0 radical (unpaired) electrons. The number of para-hydroxylation sites is 1. The van der Waals surface area contributed by atoms with Gasteiger partial charge in [0.2, 0.25) is 0 Å². The van der Waals surface area contributed by atoms with Gasteiger partial charge in [0.05, 0.1) is 5.69 Å². The Bertz CT molecular complexity index is 652. The van der Waals surface area contributed by atoms with Gasteiger partial charge in [0, 0.05) is 16.6 Å². The summed E-state index contributed by atoms with van der Waals surface area (Å²) in [6.07, 6.45) is 1.81. The van der Waals surface area contributed by atoms with E-state index >= 15 is 0 Å². The summed E-state index contributed by atoms with van der Waals surface area (Å²) in [5.74, 6) is 0.104. The first-order chi connectivity index (χ1) is 9.66. The highest BCUT2D eigenvalue weighted by Gasteiger charge is 2.25. The molecular formula is C16H14BrNO2. The first kappa shape index (κ1) is 13.2. The number of aromatic hydroxyl groups is 1. The van der Waals surface area contributed by atoms with Crippen LogP contribution in [0.1, 0.15) is 22.3 Å². The van der Waals surface area contributed by atoms with Crippen LogP contribution < -0.4 is 4.90 Å². The molecule has 0 saturated carbocycles. The van der Waals surface area contributed by atoms with Crippen molar-refractivity contribution in [1.82, 2.24) is 0 Å². The minimum Gasteiger partial charge on any atom is -0.506 e. The summed E-state index contributed by atoms with van der Waals surface area (Å²) >= 11 is 3.36. The molecule has 1 heterocycles. The van der Waals surface area contributed by atoms with Crippen LogP contribution in [0.4, 0.5) is 5.69 Å². The van der Waals surface area contributed by atoms with Crippen LogP contribution in [0, 0.1) is 0 Å². The Kier molecular flexibility index (Phi) is 3.49. The Hall–Kier alpha value is -1.81. The van der Waals surface area contributed by atoms with Gasteiger partial charge >= 0.3 is 0 Å². The summed E-state index contributed by atoms with van der Waals surface area (Å²) < 4.78 is 0.941. The molecule has 0 atom stereocenters. The number of phenolic OH excluding ortho intramolecular Hbond substituents is 1. The molecule has 3 nitrogen and oxygen atoms in total. The number of fused-ring (bicyclic) bond motifs is 1. The summed E-state index contributed by atoms with van der Waals surface area (Å²) in [6, 6.07) is 12.7. The molecule has 0 aromatic heterocycles. The van der Waals surface area contributed by atoms with Gasteiger partial charge < -0.3 is 10.0 Å². The van der Waals surface area contributed by atoms with Gasteiger partial charge in [-0.05, 0) is 48.7 Å². The predicted octanol–water partition coefficient (Wildman–Crippen LogP) is 3.75. The van der Waals surface area contributed by atoms with Crippen molar-refractivity contribution in [2.75, 3.05) is 11.4 Å². The Morgan fingerprint density at radius 3 is 2.65 bits per heavy atom. The highest BCUT2D eigenvalue weighted by molar-refractivity contribution is 9.10. The maximum Gasteiger partial charge on any atom is 0.258 e. The third kappa shape index (κ3) is 2.31. The van der Waals surface area contributed by atoms with Gasteiger partial charge in [-0.25, -0.2) is 0 Å². The lowest BCUT2D eigenvalue weighted by Crippen LogP contribution is -2.35. The molecule has 0 fully saturated rings. The fraction of sp³-hybridized carbons (Fsp3) is 0.188. The van der Waals surface area contributed by atoms with Crippen molar-refractivity contribution in [1.29, 1.82) is 0 Å². The summed E-state index contributed by atoms with van der Waals surface area (Å²) in [7, 11) is 0. The maximum atomic E-state index is 12.6. The molecule has 0 saturated heterocycles. The molecule has 1 amide bonds. The first-order valence-corrected chi connectivity index (χ1v) is 7.34. The van der Waals surface area contributed by atoms with Crippen molar-refractivity contribution in [2.24, 2.45) is 0 Å². The Balaban J connectivity index is 2.00. The zero-order chi connectivity index (χ0) is 14.1. The van der Waals surface area contributed by atoms with E-state index in [1.165, 1.54) is 0 Å². The summed E-state index contributed by atoms with van der Waals surface area (Å²) in [5.41, 5.74) is 2.32. The van der Waals surface area contributed by atoms with Crippen LogP contribution in [0.2, 0.25) is 0 Å². The van der Waals surface area contributed by atoms with Crippen molar-refractivity contribution in [3.05, 3.63) is 58.1 Å². The third-order valence-corrected chi connectivity index (χ3v) is 4.06. The standard InChI is InChI=1S/C16H14BrNO2/c17-13-8-6-12(7-9-13)16(20)18-10-2-4-11-3-1-5-14(19)15(11)18/h1,3,5-9,19H,2,4,10H2. The van der Waals surface area contributed by atoms with Crippen LogP contribution in [0.3, 0.4) is 0 Å². The fourth-order valence-corrected chi connectivity index (χ4v) is 2.85. The average molecular weight is 332 g/mol. The van der Waals surface area contributed by atoms with E-state index < -0.39 is 0 Å². The van der Waals surface area contributed by atoms with Crippen LogP contribution in [-0.2, 0) is 6.42 Å². The smallest absolute Gasteiger partial charge is 0.258 e. The second-order valence-electron chi connectivity index (χ2n) is 4.85. The molecule has 0 spiro atoms. The number of nitrogens with zero attached hydrogens (tertiary/aromatic N) is 1. The van der Waals surface area contributed by atoms with Crippen LogP contribution in [0.25, 0.3) is 0 Å². The number of hydrogen-bond donors (Lipinski definition) is 1. The summed E-state index contributed by atoms with van der Waals surface area (Å²) in [4.78, 5) is 14.3. The molecule has 2 aromatic rings. The van der Waals surface area contributed by atoms with E-state index in [-0.39, 0.29) is 11.7 Å². The van der Waals surface area contributed by atoms with Crippen molar-refractivity contribution >= 4 is 27.5 Å². The van der Waals surface area contributed by atoms with Gasteiger partial charge in [0.1, 0.15) is 5.75 Å². The monoisotopic (exact) mass is 331 g/mol. The lowest BCUT2D eigenvalue weighted by atomic mass is 10.00. The third-order valence-electron chi connectivity index (χ3n) is 3.53. The van der Waals surface area contributed by atoms with Crippen molar-refractivity contribution in [3.8, 4) is 5.75 Å². The summed E-state index contributed by atoms with van der Waals surface area (Å²) in [6.45, 7) is 0.638. The topological polar surface area (TPSA) is 40.5 Å². The zero-order valence-electron chi connectivity index (χ0n) is 10.8. The second-order valence-corrected chi connectivity index (χ2v) is 5.77. The van der Waals surface area contributed by atoms with Crippen LogP contribution in [-0.4, -0.2) is 17.6 Å². The number of rotatable bonds is 1. The molecular weight excluding hydrogens is 318 g/mol. The lowest BCUT2D eigenvalue weighted by Gasteiger charge is -2.30. The molecule has 1 N–H and O–H groups in total. The number of carbonyl (C=O) groups is 1. The van der Waals surface area contributed by atoms with Gasteiger partial charge in [-0.3, -0.25) is 4.79 Å². The number of carbonyl (C=O) groups excluding carboxylic acids is 1. The predicted molar refractivity (Wildman–Crippen MR) is 82.2 cm³/mol. The van der Waals surface area contributed by atoms with Crippen LogP contribution in [0.15, 0.2) is 46.9 Å². The number of benzene rings is 2. The Morgan fingerprint density at radius 2 is 1.90 bits per heavy atom. The minimum atomic E-state index is -0.0695. The van der Waals surface area contributed by atoms with Gasteiger partial charge in [-0.2, -0.15) is 0 Å². The van der Waals surface area contributed by atoms with E-state index in [1.807, 2.05) is 24.3 Å². The van der Waals surface area contributed by atoms with Crippen molar-refractivity contribution < 1.29 is 9.90 Å². The van der Waals surface area contributed by atoms with E-state index in [1.54, 1.807) is 23.1 Å². The van der Waals surface area contributed by atoms with E-state index in [9.17, 15) is 9.90 Å². The number of anilines is 1. The van der Waals surface area contributed by atoms with E-state index in [4.69, 9.17) is 0 Å². The molecule has 0 aliphatic carbocycles. The molecule has 102 valence electrons. The zero-order valence-corrected chi connectivity index (χ0v) is 12.4. The molecule has 3 rings (SSSR count). The molecule has 2 aromatic carbocycles. The molecule has 0 bridgehead atoms. The molecule has 0 unspecified atom stereocenters. The second kappa shape index (κ2) is 5.29. The van der Waals surface area contributed by atoms with E-state index in [0.29, 0.717) is 17.8 Å². The largest absolute Gasteiger partial charge is 0.506 e. The van der Waals surface area contributed by atoms with Gasteiger partial charge in [-0.1, -0.05) is 28.1 Å². The molecule has 20 heavy (non-hydrogen) atoms. The normalized spacial score (nSPS) is 13.9. The quantitative estimate of drug-likeness (QED) is 0.864. The Morgan fingerprint density at radius 1 is 1.15 bits per heavy atom. The number of amides is 1. The maximum absolute atomic E-state index is 12.6. The minimum absolute atomic E-state index is 0.0695. The van der Waals surface area contributed by atoms with E-state index in [0.717, 1.165) is 22.9 Å². The first-order valence-electron chi connectivity index (χ1n) is 6.55.